The summed E-state index contributed by atoms with van der Waals surface area (Å²) in [5.41, 5.74) is 1.20. The van der Waals surface area contributed by atoms with Crippen molar-refractivity contribution in [2.24, 2.45) is 5.92 Å². The number of amides is 2. The second kappa shape index (κ2) is 9.67. The Hall–Kier alpha value is -1.18. The average Bonchev–Trinajstić information content (AvgIpc) is 3.12. The fraction of sp³-hybridized carbons (Fsp3) is 0.579. The third kappa shape index (κ3) is 5.66. The maximum absolute atomic E-state index is 12.2. The summed E-state index contributed by atoms with van der Waals surface area (Å²) in [7, 11) is 0. The Morgan fingerprint density at radius 2 is 2.23 bits per heavy atom. The molecule has 26 heavy (non-hydrogen) atoms. The van der Waals surface area contributed by atoms with Gasteiger partial charge in [0.15, 0.2) is 0 Å². The van der Waals surface area contributed by atoms with Crippen molar-refractivity contribution in [3.8, 4) is 0 Å². The topological polar surface area (TPSA) is 58.6 Å². The predicted molar refractivity (Wildman–Crippen MR) is 107 cm³/mol. The van der Waals surface area contributed by atoms with Crippen molar-refractivity contribution in [3.63, 3.8) is 0 Å². The quantitative estimate of drug-likeness (QED) is 0.541. The van der Waals surface area contributed by atoms with Crippen LogP contribution in [0, 0.1) is 12.8 Å². The maximum atomic E-state index is 12.2. The lowest BCUT2D eigenvalue weighted by molar-refractivity contribution is -0.148. The van der Waals surface area contributed by atoms with Gasteiger partial charge in [-0.2, -0.15) is 11.8 Å². The van der Waals surface area contributed by atoms with E-state index in [1.807, 2.05) is 41.8 Å². The van der Waals surface area contributed by atoms with Gasteiger partial charge in [-0.15, -0.1) is 11.8 Å². The molecule has 5 nitrogen and oxygen atoms in total. The molecule has 0 aliphatic carbocycles. The van der Waals surface area contributed by atoms with E-state index in [2.05, 4.69) is 11.4 Å². The summed E-state index contributed by atoms with van der Waals surface area (Å²) in [6, 6.07) is 8.14. The van der Waals surface area contributed by atoms with Crippen LogP contribution in [0.5, 0.6) is 0 Å². The fourth-order valence-electron chi connectivity index (χ4n) is 3.03. The van der Waals surface area contributed by atoms with Crippen molar-refractivity contribution in [2.45, 2.75) is 24.3 Å². The molecule has 1 N–H and O–H groups in total. The van der Waals surface area contributed by atoms with Crippen molar-refractivity contribution in [1.29, 1.82) is 0 Å². The number of carbonyl (C=O) groups excluding carboxylic acids is 2. The highest BCUT2D eigenvalue weighted by atomic mass is 32.2. The molecule has 1 aromatic carbocycles. The summed E-state index contributed by atoms with van der Waals surface area (Å²) < 4.78 is 5.73. The van der Waals surface area contributed by atoms with E-state index in [-0.39, 0.29) is 23.8 Å². The Morgan fingerprint density at radius 1 is 1.38 bits per heavy atom. The Labute approximate surface area is 163 Å². The molecule has 142 valence electrons. The Bertz CT molecular complexity index is 629. The molecule has 1 unspecified atom stereocenters. The minimum atomic E-state index is 0.0178. The van der Waals surface area contributed by atoms with Gasteiger partial charge in [-0.3, -0.25) is 9.59 Å². The molecule has 0 saturated carbocycles. The predicted octanol–water partition coefficient (Wildman–Crippen LogP) is 2.18. The Kier molecular flexibility index (Phi) is 7.28. The summed E-state index contributed by atoms with van der Waals surface area (Å²) in [5.74, 6) is 3.00. The summed E-state index contributed by atoms with van der Waals surface area (Å²) >= 11 is 3.40. The first-order valence-electron chi connectivity index (χ1n) is 9.06. The van der Waals surface area contributed by atoms with Gasteiger partial charge < -0.3 is 15.0 Å². The lowest BCUT2D eigenvalue weighted by Crippen LogP contribution is -2.56. The SMILES string of the molecule is Cc1cccc(SCC(=O)NCCOC2CN(C(=O)C3CCSC3)C2)c1. The van der Waals surface area contributed by atoms with Crippen LogP contribution in [0.3, 0.4) is 0 Å². The number of hydrogen-bond donors (Lipinski definition) is 1. The molecule has 0 aromatic heterocycles. The number of benzene rings is 1. The standard InChI is InChI=1S/C19H26N2O3S2/c1-14-3-2-4-17(9-14)26-13-18(22)20-6-7-24-16-10-21(11-16)19(23)15-5-8-25-12-15/h2-4,9,15-16H,5-8,10-13H2,1H3,(H,20,22). The van der Waals surface area contributed by atoms with Gasteiger partial charge in [0, 0.05) is 36.2 Å². The largest absolute Gasteiger partial charge is 0.373 e. The van der Waals surface area contributed by atoms with Crippen LogP contribution in [0.2, 0.25) is 0 Å². The van der Waals surface area contributed by atoms with Crippen LogP contribution in [0.1, 0.15) is 12.0 Å². The summed E-state index contributed by atoms with van der Waals surface area (Å²) in [5, 5.41) is 2.88. The zero-order valence-electron chi connectivity index (χ0n) is 15.1. The molecule has 2 aliphatic heterocycles. The van der Waals surface area contributed by atoms with Crippen LogP contribution < -0.4 is 5.32 Å². The molecule has 3 rings (SSSR count). The van der Waals surface area contributed by atoms with Gasteiger partial charge in [0.25, 0.3) is 0 Å². The number of aryl methyl sites for hydroxylation is 1. The lowest BCUT2D eigenvalue weighted by Gasteiger charge is -2.40. The number of rotatable bonds is 8. The van der Waals surface area contributed by atoms with Gasteiger partial charge in [0.2, 0.25) is 11.8 Å². The van der Waals surface area contributed by atoms with E-state index in [1.54, 1.807) is 0 Å². The van der Waals surface area contributed by atoms with Gasteiger partial charge in [0.05, 0.1) is 18.5 Å². The number of thioether (sulfide) groups is 2. The van der Waals surface area contributed by atoms with Crippen molar-refractivity contribution in [1.82, 2.24) is 10.2 Å². The van der Waals surface area contributed by atoms with Gasteiger partial charge in [-0.1, -0.05) is 17.7 Å². The van der Waals surface area contributed by atoms with E-state index in [0.717, 1.165) is 22.8 Å². The molecule has 0 bridgehead atoms. The third-order valence-electron chi connectivity index (χ3n) is 4.58. The average molecular weight is 395 g/mol. The second-order valence-corrected chi connectivity index (χ2v) is 8.95. The summed E-state index contributed by atoms with van der Waals surface area (Å²) in [4.78, 5) is 27.1. The van der Waals surface area contributed by atoms with Crippen LogP contribution >= 0.6 is 23.5 Å². The van der Waals surface area contributed by atoms with Gasteiger partial charge >= 0.3 is 0 Å². The normalized spacial score (nSPS) is 20.0. The highest BCUT2D eigenvalue weighted by Gasteiger charge is 2.36. The maximum Gasteiger partial charge on any atom is 0.230 e. The zero-order valence-corrected chi connectivity index (χ0v) is 16.7. The second-order valence-electron chi connectivity index (χ2n) is 6.75. The first kappa shape index (κ1) is 19.6. The molecule has 2 aliphatic rings. The molecule has 2 heterocycles. The van der Waals surface area contributed by atoms with Gasteiger partial charge in [-0.25, -0.2) is 0 Å². The van der Waals surface area contributed by atoms with E-state index >= 15 is 0 Å². The van der Waals surface area contributed by atoms with Gasteiger partial charge in [0.1, 0.15) is 0 Å². The smallest absolute Gasteiger partial charge is 0.230 e. The van der Waals surface area contributed by atoms with Gasteiger partial charge in [-0.05, 0) is 31.2 Å². The van der Waals surface area contributed by atoms with Crippen molar-refractivity contribution in [3.05, 3.63) is 29.8 Å². The van der Waals surface area contributed by atoms with Crippen LogP contribution in [0.4, 0.5) is 0 Å². The number of carbonyl (C=O) groups is 2. The van der Waals surface area contributed by atoms with E-state index in [1.165, 1.54) is 17.3 Å². The van der Waals surface area contributed by atoms with Crippen LogP contribution in [0.25, 0.3) is 0 Å². The van der Waals surface area contributed by atoms with Crippen molar-refractivity contribution < 1.29 is 14.3 Å². The van der Waals surface area contributed by atoms with E-state index in [0.29, 0.717) is 32.0 Å². The fourth-order valence-corrected chi connectivity index (χ4v) is 5.09. The van der Waals surface area contributed by atoms with Crippen LogP contribution in [-0.4, -0.2) is 66.3 Å². The number of likely N-dealkylation sites (tertiary alicyclic amines) is 1. The van der Waals surface area contributed by atoms with Crippen molar-refractivity contribution in [2.75, 3.05) is 43.5 Å². The number of nitrogens with zero attached hydrogens (tertiary/aromatic N) is 1. The zero-order chi connectivity index (χ0) is 18.4. The number of ether oxygens (including phenoxy) is 1. The van der Waals surface area contributed by atoms with E-state index in [4.69, 9.17) is 4.74 Å². The monoisotopic (exact) mass is 394 g/mol. The van der Waals surface area contributed by atoms with E-state index in [9.17, 15) is 9.59 Å². The Balaban J connectivity index is 1.22. The molecule has 2 fully saturated rings. The van der Waals surface area contributed by atoms with Crippen molar-refractivity contribution >= 4 is 35.3 Å². The summed E-state index contributed by atoms with van der Waals surface area (Å²) in [6.45, 7) is 4.43. The molecular formula is C19H26N2O3S2. The molecule has 0 spiro atoms. The van der Waals surface area contributed by atoms with E-state index < -0.39 is 0 Å². The van der Waals surface area contributed by atoms with Crippen LogP contribution in [0.15, 0.2) is 29.2 Å². The number of nitrogens with one attached hydrogen (secondary N) is 1. The molecule has 1 aromatic rings. The highest BCUT2D eigenvalue weighted by molar-refractivity contribution is 8.00. The molecule has 2 amide bonds. The van der Waals surface area contributed by atoms with Crippen LogP contribution in [-0.2, 0) is 14.3 Å². The minimum Gasteiger partial charge on any atom is -0.373 e. The third-order valence-corrected chi connectivity index (χ3v) is 6.73. The molecule has 2 saturated heterocycles. The Morgan fingerprint density at radius 3 is 2.96 bits per heavy atom. The summed E-state index contributed by atoms with van der Waals surface area (Å²) in [6.07, 6.45) is 1.13. The first-order valence-corrected chi connectivity index (χ1v) is 11.2. The first-order chi connectivity index (χ1) is 12.6. The molecular weight excluding hydrogens is 368 g/mol. The minimum absolute atomic E-state index is 0.0178. The molecule has 1 atom stereocenters. The molecule has 7 heteroatoms. The highest BCUT2D eigenvalue weighted by Crippen LogP contribution is 2.27. The molecule has 0 radical (unpaired) electrons. The number of hydrogen-bond acceptors (Lipinski definition) is 5. The lowest BCUT2D eigenvalue weighted by atomic mass is 10.0.